The van der Waals surface area contributed by atoms with Gasteiger partial charge in [0.05, 0.1) is 6.04 Å². The summed E-state index contributed by atoms with van der Waals surface area (Å²) in [5, 5.41) is 6.26. The Morgan fingerprint density at radius 3 is 2.40 bits per heavy atom. The van der Waals surface area contributed by atoms with Gasteiger partial charge >= 0.3 is 0 Å². The molecule has 11 heteroatoms. The van der Waals surface area contributed by atoms with Crippen LogP contribution in [-0.2, 0) is 14.4 Å². The Bertz CT molecular complexity index is 1200. The summed E-state index contributed by atoms with van der Waals surface area (Å²) in [4.78, 5) is 62.3. The number of piperidine rings is 2. The Morgan fingerprint density at radius 1 is 0.860 bits per heavy atom. The van der Waals surface area contributed by atoms with E-state index in [-0.39, 0.29) is 54.2 Å². The molecule has 4 bridgehead atoms. The lowest BCUT2D eigenvalue weighted by Gasteiger charge is -2.41. The second-order valence-electron chi connectivity index (χ2n) is 13.3. The normalized spacial score (nSPS) is 33.2. The Hall–Kier alpha value is -3.05. The van der Waals surface area contributed by atoms with Crippen molar-refractivity contribution in [2.24, 2.45) is 11.8 Å². The summed E-state index contributed by atoms with van der Waals surface area (Å²) < 4.78 is 13.6. The molecule has 2 N–H and O–H groups in total. The third-order valence-electron chi connectivity index (χ3n) is 10.5. The summed E-state index contributed by atoms with van der Waals surface area (Å²) >= 11 is 0. The number of nitrogens with one attached hydrogen (secondary N) is 2. The highest BCUT2D eigenvalue weighted by atomic mass is 19.1. The minimum Gasteiger partial charge on any atom is -0.354 e. The topological polar surface area (TPSA) is 105 Å². The summed E-state index contributed by atoms with van der Waals surface area (Å²) in [6, 6.07) is 4.29. The van der Waals surface area contributed by atoms with E-state index in [2.05, 4.69) is 27.5 Å². The molecule has 6 fully saturated rings. The molecule has 234 valence electrons. The van der Waals surface area contributed by atoms with E-state index in [4.69, 9.17) is 0 Å². The maximum Gasteiger partial charge on any atom is 0.254 e. The number of carbonyl (C=O) groups is 4. The summed E-state index contributed by atoms with van der Waals surface area (Å²) in [5.41, 5.74) is 0.312. The molecule has 6 aliphatic heterocycles. The highest BCUT2D eigenvalue weighted by Crippen LogP contribution is 2.31. The molecule has 0 spiro atoms. The smallest absolute Gasteiger partial charge is 0.254 e. The molecule has 5 atom stereocenters. The van der Waals surface area contributed by atoms with E-state index in [0.717, 1.165) is 71.2 Å². The maximum atomic E-state index is 13.6. The molecule has 1 aromatic carbocycles. The lowest BCUT2D eigenvalue weighted by atomic mass is 9.81. The lowest BCUT2D eigenvalue weighted by molar-refractivity contribution is -0.136. The second kappa shape index (κ2) is 12.9. The molecule has 0 aromatic heterocycles. The van der Waals surface area contributed by atoms with E-state index >= 15 is 0 Å². The Balaban J connectivity index is 1.24. The van der Waals surface area contributed by atoms with Gasteiger partial charge in [-0.1, -0.05) is 0 Å². The third-order valence-corrected chi connectivity index (χ3v) is 10.5. The first-order valence-corrected chi connectivity index (χ1v) is 16.1. The fourth-order valence-electron chi connectivity index (χ4n) is 8.13. The van der Waals surface area contributed by atoms with Gasteiger partial charge in [0.2, 0.25) is 17.7 Å². The van der Waals surface area contributed by atoms with Gasteiger partial charge in [-0.2, -0.15) is 0 Å². The molecule has 0 saturated carbocycles. The van der Waals surface area contributed by atoms with Crippen LogP contribution < -0.4 is 10.6 Å². The van der Waals surface area contributed by atoms with Gasteiger partial charge in [-0.05, 0) is 101 Å². The van der Waals surface area contributed by atoms with Crippen LogP contribution in [0.15, 0.2) is 24.3 Å². The van der Waals surface area contributed by atoms with Gasteiger partial charge in [-0.15, -0.1) is 0 Å². The van der Waals surface area contributed by atoms with Crippen LogP contribution in [0.1, 0.15) is 61.7 Å². The van der Waals surface area contributed by atoms with Crippen molar-refractivity contribution in [3.63, 3.8) is 0 Å². The van der Waals surface area contributed by atoms with Crippen LogP contribution in [0.3, 0.4) is 0 Å². The summed E-state index contributed by atoms with van der Waals surface area (Å²) in [6.07, 6.45) is 6.05. The van der Waals surface area contributed by atoms with E-state index in [9.17, 15) is 23.6 Å². The van der Waals surface area contributed by atoms with Crippen LogP contribution >= 0.6 is 0 Å². The van der Waals surface area contributed by atoms with Crippen molar-refractivity contribution in [1.82, 2.24) is 30.2 Å². The molecular formula is C32H45FN6O4. The standard InChI is InChI=1S/C32H45FN6O4/c1-36-14-9-22-17-29(40)37-15-10-26(11-16-37)38-13-2-3-27(38)31(42)35-25-18-28(30(41)34-12-8-23(22)19-36)39(20-25)32(43)21-4-6-24(33)7-5-21/h4-7,22-23,25-28H,2-3,8-20H2,1H3,(H,34,41)(H,35,42)/t22-,23-,25+,27-,28+/m0/s1. The van der Waals surface area contributed by atoms with Gasteiger partial charge in [0.25, 0.3) is 5.91 Å². The van der Waals surface area contributed by atoms with Gasteiger partial charge in [-0.25, -0.2) is 4.39 Å². The molecular weight excluding hydrogens is 551 g/mol. The monoisotopic (exact) mass is 596 g/mol. The predicted molar refractivity (Wildman–Crippen MR) is 158 cm³/mol. The lowest BCUT2D eigenvalue weighted by Crippen LogP contribution is -2.53. The maximum absolute atomic E-state index is 13.6. The quantitative estimate of drug-likeness (QED) is 0.509. The summed E-state index contributed by atoms with van der Waals surface area (Å²) in [6.45, 7) is 4.85. The van der Waals surface area contributed by atoms with E-state index in [0.29, 0.717) is 30.9 Å². The molecule has 43 heavy (non-hydrogen) atoms. The molecule has 0 radical (unpaired) electrons. The first kappa shape index (κ1) is 30.0. The molecule has 6 heterocycles. The van der Waals surface area contributed by atoms with Gasteiger partial charge in [0.15, 0.2) is 0 Å². The number of fused-ring (bicyclic) bond motifs is 7. The first-order chi connectivity index (χ1) is 20.8. The van der Waals surface area contributed by atoms with Crippen molar-refractivity contribution < 1.29 is 23.6 Å². The van der Waals surface area contributed by atoms with E-state index in [1.54, 1.807) is 0 Å². The van der Waals surface area contributed by atoms with Crippen molar-refractivity contribution in [3.05, 3.63) is 35.6 Å². The number of halogens is 1. The van der Waals surface area contributed by atoms with Crippen molar-refractivity contribution in [1.29, 1.82) is 0 Å². The SMILES string of the molecule is CN1CC[C@H]2CC(=O)N3CCC(CC3)N3CCC[C@H]3C(=O)N[C@@H]3C[C@H](C(=O)NCC[C@H]2C1)N(C(=O)c1ccc(F)cc1)C3. The highest BCUT2D eigenvalue weighted by Gasteiger charge is 2.43. The average Bonchev–Trinajstić information content (AvgIpc) is 3.66. The number of benzene rings is 1. The van der Waals surface area contributed by atoms with Gasteiger partial charge in [0.1, 0.15) is 11.9 Å². The number of nitrogens with zero attached hydrogens (tertiary/aromatic N) is 4. The second-order valence-corrected chi connectivity index (χ2v) is 13.3. The molecule has 1 aromatic rings. The zero-order valence-corrected chi connectivity index (χ0v) is 25.2. The fourth-order valence-corrected chi connectivity index (χ4v) is 8.13. The first-order valence-electron chi connectivity index (χ1n) is 16.1. The zero-order valence-electron chi connectivity index (χ0n) is 25.2. The number of rotatable bonds is 1. The van der Waals surface area contributed by atoms with Crippen molar-refractivity contribution >= 4 is 23.6 Å². The largest absolute Gasteiger partial charge is 0.354 e. The minimum absolute atomic E-state index is 0.0534. The van der Waals surface area contributed by atoms with Crippen molar-refractivity contribution in [3.8, 4) is 0 Å². The van der Waals surface area contributed by atoms with Crippen LogP contribution in [0, 0.1) is 17.7 Å². The summed E-state index contributed by atoms with van der Waals surface area (Å²) in [7, 11) is 2.10. The number of amides is 4. The predicted octanol–water partition coefficient (Wildman–Crippen LogP) is 1.46. The summed E-state index contributed by atoms with van der Waals surface area (Å²) in [5.74, 6) is -0.282. The van der Waals surface area contributed by atoms with Crippen molar-refractivity contribution in [2.45, 2.75) is 75.5 Å². The van der Waals surface area contributed by atoms with E-state index in [1.807, 2.05) is 4.90 Å². The molecule has 0 unspecified atom stereocenters. The highest BCUT2D eigenvalue weighted by molar-refractivity contribution is 5.98. The molecule has 4 amide bonds. The Labute approximate surface area is 253 Å². The van der Waals surface area contributed by atoms with Crippen LogP contribution in [0.5, 0.6) is 0 Å². The Kier molecular flexibility index (Phi) is 9.00. The van der Waals surface area contributed by atoms with Gasteiger partial charge < -0.3 is 25.3 Å². The average molecular weight is 597 g/mol. The van der Waals surface area contributed by atoms with Crippen molar-refractivity contribution in [2.75, 3.05) is 52.9 Å². The molecule has 6 aliphatic rings. The fraction of sp³-hybridized carbons (Fsp3) is 0.688. The Morgan fingerprint density at radius 2 is 1.63 bits per heavy atom. The van der Waals surface area contributed by atoms with Crippen LogP contribution in [0.4, 0.5) is 4.39 Å². The number of hydrogen-bond donors (Lipinski definition) is 2. The minimum atomic E-state index is -0.737. The number of likely N-dealkylation sites (tertiary alicyclic amines) is 2. The molecule has 10 nitrogen and oxygen atoms in total. The van der Waals surface area contributed by atoms with E-state index in [1.165, 1.54) is 29.2 Å². The van der Waals surface area contributed by atoms with Gasteiger partial charge in [0, 0.05) is 56.8 Å². The zero-order chi connectivity index (χ0) is 30.1. The third kappa shape index (κ3) is 6.57. The molecule has 6 saturated heterocycles. The number of hydrogen-bond acceptors (Lipinski definition) is 6. The van der Waals surface area contributed by atoms with Crippen LogP contribution in [-0.4, -0.2) is 120 Å². The van der Waals surface area contributed by atoms with Crippen LogP contribution in [0.25, 0.3) is 0 Å². The molecule has 7 rings (SSSR count). The van der Waals surface area contributed by atoms with E-state index < -0.39 is 11.9 Å². The number of carbonyl (C=O) groups excluding carboxylic acids is 4. The van der Waals surface area contributed by atoms with Crippen LogP contribution in [0.2, 0.25) is 0 Å². The molecule has 0 aliphatic carbocycles. The van der Waals surface area contributed by atoms with Gasteiger partial charge in [-0.3, -0.25) is 24.1 Å².